The lowest BCUT2D eigenvalue weighted by molar-refractivity contribution is -0.129. The topological polar surface area (TPSA) is 26.3 Å². The Morgan fingerprint density at radius 1 is 1.22 bits per heavy atom. The molecule has 0 heterocycles. The number of rotatable bonds is 2. The van der Waals surface area contributed by atoms with Crippen molar-refractivity contribution in [3.05, 3.63) is 41.0 Å². The van der Waals surface area contributed by atoms with Crippen LogP contribution in [0, 0.1) is 6.92 Å². The molecule has 0 spiro atoms. The number of ether oxygens (including phenoxy) is 1. The molecular formula is C16H22O2. The summed E-state index contributed by atoms with van der Waals surface area (Å²) in [5.74, 6) is 0.333. The molecule has 98 valence electrons. The van der Waals surface area contributed by atoms with Crippen molar-refractivity contribution in [2.24, 2.45) is 0 Å². The summed E-state index contributed by atoms with van der Waals surface area (Å²) in [5, 5.41) is 0. The number of carbonyl (C=O) groups excluding carboxylic acids is 1. The fraction of sp³-hybridized carbons (Fsp3) is 0.438. The summed E-state index contributed by atoms with van der Waals surface area (Å²) in [4.78, 5) is 11.7. The van der Waals surface area contributed by atoms with Crippen molar-refractivity contribution in [3.63, 3.8) is 0 Å². The molecule has 0 aromatic heterocycles. The van der Waals surface area contributed by atoms with Gasteiger partial charge in [0.25, 0.3) is 0 Å². The first-order valence-corrected chi connectivity index (χ1v) is 6.18. The van der Waals surface area contributed by atoms with Crippen LogP contribution in [0.1, 0.15) is 45.7 Å². The average Bonchev–Trinajstić information content (AvgIpc) is 2.17. The van der Waals surface area contributed by atoms with E-state index in [9.17, 15) is 4.79 Å². The smallest absolute Gasteiger partial charge is 0.336 e. The van der Waals surface area contributed by atoms with Gasteiger partial charge in [0.1, 0.15) is 5.75 Å². The lowest BCUT2D eigenvalue weighted by Gasteiger charge is -2.22. The van der Waals surface area contributed by atoms with E-state index in [1.807, 2.05) is 32.9 Å². The summed E-state index contributed by atoms with van der Waals surface area (Å²) in [6.45, 7) is 12.1. The summed E-state index contributed by atoms with van der Waals surface area (Å²) in [6.07, 6.45) is 1.51. The molecule has 0 amide bonds. The largest absolute Gasteiger partial charge is 0.423 e. The molecule has 0 N–H and O–H groups in total. The van der Waals surface area contributed by atoms with Gasteiger partial charge in [0.2, 0.25) is 0 Å². The molecule has 0 atom stereocenters. The fourth-order valence-electron chi connectivity index (χ4n) is 1.69. The Bertz CT molecular complexity index is 472. The molecule has 0 aliphatic heterocycles. The van der Waals surface area contributed by atoms with Crippen LogP contribution >= 0.6 is 0 Å². The molecule has 0 saturated heterocycles. The van der Waals surface area contributed by atoms with Crippen molar-refractivity contribution in [2.45, 2.75) is 47.0 Å². The second kappa shape index (κ2) is 5.38. The molecule has 0 fully saturated rings. The second-order valence-corrected chi connectivity index (χ2v) is 5.89. The molecule has 0 bridgehead atoms. The SMILES string of the molecule is CC(C)=CC(=O)Oc1ccc(C)cc1C(C)(C)C. The van der Waals surface area contributed by atoms with Crippen LogP contribution in [0.3, 0.4) is 0 Å². The molecule has 0 unspecified atom stereocenters. The van der Waals surface area contributed by atoms with Gasteiger partial charge in [-0.1, -0.05) is 44.0 Å². The van der Waals surface area contributed by atoms with Crippen molar-refractivity contribution < 1.29 is 9.53 Å². The average molecular weight is 246 g/mol. The minimum Gasteiger partial charge on any atom is -0.423 e. The van der Waals surface area contributed by atoms with Crippen molar-refractivity contribution >= 4 is 5.97 Å². The monoisotopic (exact) mass is 246 g/mol. The minimum atomic E-state index is -0.315. The molecule has 2 heteroatoms. The zero-order chi connectivity index (χ0) is 13.9. The highest BCUT2D eigenvalue weighted by atomic mass is 16.5. The molecular weight excluding hydrogens is 224 g/mol. The maximum Gasteiger partial charge on any atom is 0.336 e. The first-order valence-electron chi connectivity index (χ1n) is 6.18. The van der Waals surface area contributed by atoms with Crippen LogP contribution in [-0.2, 0) is 10.2 Å². The van der Waals surface area contributed by atoms with E-state index in [0.29, 0.717) is 5.75 Å². The first-order chi connectivity index (χ1) is 8.20. The predicted octanol–water partition coefficient (Wildman–Crippen LogP) is 4.16. The van der Waals surface area contributed by atoms with E-state index in [1.54, 1.807) is 0 Å². The third kappa shape index (κ3) is 4.02. The van der Waals surface area contributed by atoms with Gasteiger partial charge in [0.15, 0.2) is 0 Å². The van der Waals surface area contributed by atoms with E-state index in [2.05, 4.69) is 26.8 Å². The van der Waals surface area contributed by atoms with Gasteiger partial charge in [0.05, 0.1) is 0 Å². The third-order valence-electron chi connectivity index (χ3n) is 2.56. The highest BCUT2D eigenvalue weighted by Gasteiger charge is 2.20. The summed E-state index contributed by atoms with van der Waals surface area (Å²) in [7, 11) is 0. The Labute approximate surface area is 110 Å². The minimum absolute atomic E-state index is 0.0490. The summed E-state index contributed by atoms with van der Waals surface area (Å²) >= 11 is 0. The Kier molecular flexibility index (Phi) is 4.33. The summed E-state index contributed by atoms with van der Waals surface area (Å²) in [5.41, 5.74) is 3.11. The third-order valence-corrected chi connectivity index (χ3v) is 2.56. The number of esters is 1. The number of hydrogen-bond donors (Lipinski definition) is 0. The van der Waals surface area contributed by atoms with E-state index in [-0.39, 0.29) is 11.4 Å². The molecule has 0 aliphatic carbocycles. The lowest BCUT2D eigenvalue weighted by atomic mass is 9.85. The van der Waals surface area contributed by atoms with Crippen LogP contribution in [0.5, 0.6) is 5.75 Å². The van der Waals surface area contributed by atoms with Gasteiger partial charge in [-0.05, 0) is 32.3 Å². The van der Waals surface area contributed by atoms with Gasteiger partial charge in [-0.15, -0.1) is 0 Å². The maximum atomic E-state index is 11.7. The lowest BCUT2D eigenvalue weighted by Crippen LogP contribution is -2.15. The van der Waals surface area contributed by atoms with Crippen LogP contribution in [0.4, 0.5) is 0 Å². The maximum absolute atomic E-state index is 11.7. The number of aryl methyl sites for hydroxylation is 1. The van der Waals surface area contributed by atoms with Crippen LogP contribution in [-0.4, -0.2) is 5.97 Å². The Hall–Kier alpha value is -1.57. The van der Waals surface area contributed by atoms with Crippen molar-refractivity contribution in [1.82, 2.24) is 0 Å². The Morgan fingerprint density at radius 2 is 1.83 bits per heavy atom. The molecule has 18 heavy (non-hydrogen) atoms. The van der Waals surface area contributed by atoms with E-state index < -0.39 is 0 Å². The number of benzene rings is 1. The molecule has 0 saturated carbocycles. The molecule has 2 nitrogen and oxygen atoms in total. The van der Waals surface area contributed by atoms with Gasteiger partial charge in [-0.25, -0.2) is 4.79 Å². The van der Waals surface area contributed by atoms with E-state index in [1.165, 1.54) is 11.6 Å². The van der Waals surface area contributed by atoms with Gasteiger partial charge in [-0.3, -0.25) is 0 Å². The van der Waals surface area contributed by atoms with Crippen LogP contribution in [0.15, 0.2) is 29.8 Å². The van der Waals surface area contributed by atoms with Crippen molar-refractivity contribution in [1.29, 1.82) is 0 Å². The van der Waals surface area contributed by atoms with E-state index in [0.717, 1.165) is 11.1 Å². The van der Waals surface area contributed by atoms with Crippen LogP contribution < -0.4 is 4.74 Å². The first kappa shape index (κ1) is 14.5. The normalized spacial score (nSPS) is 11.0. The number of carbonyl (C=O) groups is 1. The summed E-state index contributed by atoms with van der Waals surface area (Å²) < 4.78 is 5.42. The van der Waals surface area contributed by atoms with E-state index in [4.69, 9.17) is 4.74 Å². The van der Waals surface area contributed by atoms with Gasteiger partial charge < -0.3 is 4.74 Å². The summed E-state index contributed by atoms with van der Waals surface area (Å²) in [6, 6.07) is 5.90. The van der Waals surface area contributed by atoms with Gasteiger partial charge >= 0.3 is 5.97 Å². The number of allylic oxidation sites excluding steroid dienone is 1. The molecule has 0 aliphatic rings. The quantitative estimate of drug-likeness (QED) is 0.445. The Balaban J connectivity index is 3.10. The highest BCUT2D eigenvalue weighted by molar-refractivity contribution is 5.85. The van der Waals surface area contributed by atoms with Crippen molar-refractivity contribution in [3.8, 4) is 5.75 Å². The van der Waals surface area contributed by atoms with Crippen LogP contribution in [0.25, 0.3) is 0 Å². The molecule has 1 aromatic rings. The molecule has 1 aromatic carbocycles. The van der Waals surface area contributed by atoms with Crippen molar-refractivity contribution in [2.75, 3.05) is 0 Å². The van der Waals surface area contributed by atoms with Gasteiger partial charge in [-0.2, -0.15) is 0 Å². The zero-order valence-electron chi connectivity index (χ0n) is 12.1. The van der Waals surface area contributed by atoms with Crippen LogP contribution in [0.2, 0.25) is 0 Å². The highest BCUT2D eigenvalue weighted by Crippen LogP contribution is 2.32. The standard InChI is InChI=1S/C16H22O2/c1-11(2)9-15(17)18-14-8-7-12(3)10-13(14)16(4,5)6/h7-10H,1-6H3. The molecule has 0 radical (unpaired) electrons. The fourth-order valence-corrected chi connectivity index (χ4v) is 1.69. The zero-order valence-corrected chi connectivity index (χ0v) is 12.1. The van der Waals surface area contributed by atoms with E-state index >= 15 is 0 Å². The second-order valence-electron chi connectivity index (χ2n) is 5.89. The van der Waals surface area contributed by atoms with Gasteiger partial charge in [0, 0.05) is 11.6 Å². The predicted molar refractivity (Wildman–Crippen MR) is 74.9 cm³/mol. The Morgan fingerprint density at radius 3 is 2.33 bits per heavy atom. The number of hydrogen-bond acceptors (Lipinski definition) is 2. The molecule has 1 rings (SSSR count).